The highest BCUT2D eigenvalue weighted by atomic mass is 35.7. The van der Waals surface area contributed by atoms with Crippen LogP contribution < -0.4 is 4.74 Å². The second kappa shape index (κ2) is 3.92. The molecule has 0 N–H and O–H groups in total. The Morgan fingerprint density at radius 3 is 2.43 bits per heavy atom. The van der Waals surface area contributed by atoms with Crippen LogP contribution in [-0.4, -0.2) is 15.5 Å². The van der Waals surface area contributed by atoms with E-state index in [1.54, 1.807) is 0 Å². The number of hydrogen-bond donors (Lipinski definition) is 0. The summed E-state index contributed by atoms with van der Waals surface area (Å²) in [5.41, 5.74) is 0. The van der Waals surface area contributed by atoms with Crippen LogP contribution in [0.3, 0.4) is 0 Å². The molecule has 0 aromatic heterocycles. The fourth-order valence-electron chi connectivity index (χ4n) is 0.866. The summed E-state index contributed by atoms with van der Waals surface area (Å²) in [6.07, 6.45) is 0. The Kier molecular flexibility index (Phi) is 3.24. The maximum atomic E-state index is 12.9. The second-order valence-electron chi connectivity index (χ2n) is 2.36. The summed E-state index contributed by atoms with van der Waals surface area (Å²) in [4.78, 5) is -0.502. The predicted octanol–water partition coefficient (Wildman–Crippen LogP) is 2.42. The fraction of sp³-hybridized carbons (Fsp3) is 0.143. The molecule has 0 saturated carbocycles. The van der Waals surface area contributed by atoms with Crippen LogP contribution in [0.1, 0.15) is 0 Å². The molecule has 14 heavy (non-hydrogen) atoms. The average Bonchev–Trinajstić information content (AvgIpc) is 2.06. The summed E-state index contributed by atoms with van der Waals surface area (Å²) >= 11 is 5.61. The Morgan fingerprint density at radius 1 is 1.43 bits per heavy atom. The molecule has 0 fully saturated rings. The van der Waals surface area contributed by atoms with Gasteiger partial charge in [-0.1, -0.05) is 11.6 Å². The molecule has 1 aromatic rings. The zero-order valence-electron chi connectivity index (χ0n) is 6.92. The Balaban J connectivity index is 3.53. The second-order valence-corrected chi connectivity index (χ2v) is 5.27. The minimum Gasteiger partial charge on any atom is -0.495 e. The van der Waals surface area contributed by atoms with Crippen molar-refractivity contribution in [3.8, 4) is 5.75 Å². The van der Waals surface area contributed by atoms with Crippen LogP contribution >= 0.6 is 22.3 Å². The highest BCUT2D eigenvalue weighted by Crippen LogP contribution is 2.33. The van der Waals surface area contributed by atoms with Crippen LogP contribution in [0.4, 0.5) is 4.39 Å². The van der Waals surface area contributed by atoms with Crippen LogP contribution in [0, 0.1) is 5.82 Å². The molecular weight excluding hydrogens is 254 g/mol. The highest BCUT2D eigenvalue weighted by molar-refractivity contribution is 8.13. The van der Waals surface area contributed by atoms with Crippen LogP contribution in [0.5, 0.6) is 5.75 Å². The van der Waals surface area contributed by atoms with E-state index in [-0.39, 0.29) is 10.8 Å². The van der Waals surface area contributed by atoms with Gasteiger partial charge < -0.3 is 4.74 Å². The molecule has 0 aliphatic carbocycles. The Bertz CT molecular complexity index is 458. The van der Waals surface area contributed by atoms with Crippen molar-refractivity contribution in [1.29, 1.82) is 0 Å². The van der Waals surface area contributed by atoms with Gasteiger partial charge in [0.1, 0.15) is 21.5 Å². The molecule has 0 bridgehead atoms. The quantitative estimate of drug-likeness (QED) is 0.766. The smallest absolute Gasteiger partial charge is 0.263 e. The number of halogens is 3. The maximum absolute atomic E-state index is 12.9. The van der Waals surface area contributed by atoms with Gasteiger partial charge in [-0.3, -0.25) is 0 Å². The zero-order chi connectivity index (χ0) is 10.9. The van der Waals surface area contributed by atoms with Gasteiger partial charge >= 0.3 is 0 Å². The van der Waals surface area contributed by atoms with E-state index in [2.05, 4.69) is 4.74 Å². The van der Waals surface area contributed by atoms with Crippen LogP contribution in [-0.2, 0) is 9.05 Å². The molecule has 0 radical (unpaired) electrons. The van der Waals surface area contributed by atoms with Crippen molar-refractivity contribution >= 4 is 31.3 Å². The van der Waals surface area contributed by atoms with Gasteiger partial charge in [0.25, 0.3) is 9.05 Å². The lowest BCUT2D eigenvalue weighted by Gasteiger charge is -2.06. The third kappa shape index (κ3) is 2.29. The monoisotopic (exact) mass is 258 g/mol. The van der Waals surface area contributed by atoms with Crippen LogP contribution in [0.2, 0.25) is 5.02 Å². The summed E-state index contributed by atoms with van der Waals surface area (Å²) in [5.74, 6) is -0.864. The average molecular weight is 259 g/mol. The van der Waals surface area contributed by atoms with E-state index < -0.39 is 19.8 Å². The molecular formula is C7H5Cl2FO3S. The molecule has 0 spiro atoms. The molecule has 7 heteroatoms. The largest absolute Gasteiger partial charge is 0.495 e. The number of methoxy groups -OCH3 is 1. The lowest BCUT2D eigenvalue weighted by Crippen LogP contribution is -1.96. The SMILES string of the molecule is COc1cc(F)cc(S(=O)(=O)Cl)c1Cl. The van der Waals surface area contributed by atoms with Crippen LogP contribution in [0.15, 0.2) is 17.0 Å². The Hall–Kier alpha value is -0.520. The van der Waals surface area contributed by atoms with E-state index >= 15 is 0 Å². The summed E-state index contributed by atoms with van der Waals surface area (Å²) in [5, 5.41) is -0.232. The molecule has 78 valence electrons. The Morgan fingerprint density at radius 2 is 2.00 bits per heavy atom. The number of hydrogen-bond acceptors (Lipinski definition) is 3. The Labute approximate surface area is 89.8 Å². The predicted molar refractivity (Wildman–Crippen MR) is 51.0 cm³/mol. The minimum atomic E-state index is -4.07. The summed E-state index contributed by atoms with van der Waals surface area (Å²) in [6, 6.07) is 1.70. The molecule has 1 aromatic carbocycles. The molecule has 0 saturated heterocycles. The lowest BCUT2D eigenvalue weighted by atomic mass is 10.3. The summed E-state index contributed by atoms with van der Waals surface area (Å²) in [6.45, 7) is 0. The van der Waals surface area contributed by atoms with Crippen molar-refractivity contribution in [3.63, 3.8) is 0 Å². The van der Waals surface area contributed by atoms with Gasteiger partial charge in [-0.05, 0) is 6.07 Å². The first-order valence-electron chi connectivity index (χ1n) is 3.34. The van der Waals surface area contributed by atoms with Gasteiger partial charge in [0, 0.05) is 16.7 Å². The molecule has 0 aliphatic heterocycles. The van der Waals surface area contributed by atoms with E-state index in [4.69, 9.17) is 22.3 Å². The van der Waals surface area contributed by atoms with E-state index in [9.17, 15) is 12.8 Å². The van der Waals surface area contributed by atoms with Gasteiger partial charge in [-0.25, -0.2) is 12.8 Å². The number of benzene rings is 1. The van der Waals surface area contributed by atoms with E-state index in [1.165, 1.54) is 7.11 Å². The molecule has 0 amide bonds. The summed E-state index contributed by atoms with van der Waals surface area (Å²) in [7, 11) is 2.20. The fourth-order valence-corrected chi connectivity index (χ4v) is 2.41. The molecule has 0 aliphatic rings. The van der Waals surface area contributed by atoms with E-state index in [0.29, 0.717) is 0 Å². The van der Waals surface area contributed by atoms with Crippen molar-refractivity contribution in [1.82, 2.24) is 0 Å². The zero-order valence-corrected chi connectivity index (χ0v) is 9.25. The van der Waals surface area contributed by atoms with Gasteiger partial charge in [0.2, 0.25) is 0 Å². The number of ether oxygens (including phenoxy) is 1. The van der Waals surface area contributed by atoms with Crippen molar-refractivity contribution < 1.29 is 17.5 Å². The minimum absolute atomic E-state index is 0.0779. The summed E-state index contributed by atoms with van der Waals surface area (Å²) < 4.78 is 39.4. The van der Waals surface area contributed by atoms with Crippen LogP contribution in [0.25, 0.3) is 0 Å². The topological polar surface area (TPSA) is 43.4 Å². The van der Waals surface area contributed by atoms with Gasteiger partial charge in [-0.15, -0.1) is 0 Å². The van der Waals surface area contributed by atoms with E-state index in [1.807, 2.05) is 0 Å². The normalized spacial score (nSPS) is 11.4. The third-order valence-corrected chi connectivity index (χ3v) is 3.30. The first-order valence-corrected chi connectivity index (χ1v) is 6.02. The standard InChI is InChI=1S/C7H5Cl2FO3S/c1-13-5-2-4(10)3-6(7(5)8)14(9,11)12/h2-3H,1H3. The first-order chi connectivity index (χ1) is 6.36. The third-order valence-electron chi connectivity index (χ3n) is 1.45. The molecule has 0 heterocycles. The van der Waals surface area contributed by atoms with Crippen molar-refractivity contribution in [2.24, 2.45) is 0 Å². The highest BCUT2D eigenvalue weighted by Gasteiger charge is 2.19. The molecule has 0 unspecified atom stereocenters. The van der Waals surface area contributed by atoms with Crippen molar-refractivity contribution in [2.75, 3.05) is 7.11 Å². The van der Waals surface area contributed by atoms with Gasteiger partial charge in [-0.2, -0.15) is 0 Å². The first kappa shape index (κ1) is 11.6. The maximum Gasteiger partial charge on any atom is 0.263 e. The molecule has 0 atom stereocenters. The van der Waals surface area contributed by atoms with E-state index in [0.717, 1.165) is 12.1 Å². The van der Waals surface area contributed by atoms with Crippen molar-refractivity contribution in [2.45, 2.75) is 4.90 Å². The number of rotatable bonds is 2. The van der Waals surface area contributed by atoms with Gasteiger partial charge in [0.05, 0.1) is 7.11 Å². The lowest BCUT2D eigenvalue weighted by molar-refractivity contribution is 0.410. The van der Waals surface area contributed by atoms with Gasteiger partial charge in [0.15, 0.2) is 0 Å². The molecule has 1 rings (SSSR count). The van der Waals surface area contributed by atoms with Crippen molar-refractivity contribution in [3.05, 3.63) is 23.0 Å². The molecule has 3 nitrogen and oxygen atoms in total.